The molecule has 6 heteroatoms. The van der Waals surface area contributed by atoms with Crippen LogP contribution in [0.25, 0.3) is 16.5 Å². The minimum absolute atomic E-state index is 0.329. The second-order valence-electron chi connectivity index (χ2n) is 8.47. The standard InChI is InChI=1S/C22H28N4O2/c1-25-16-3-2-4-17(25)13-18(12-16)26-20-6-5-15(14-7-9-28-10-8-14)11-19(20)21(24-26)22(23)27/h5-7,11,16-18H,2-4,8-10,12-13H2,1H3,(H2,23,27). The van der Waals surface area contributed by atoms with Crippen molar-refractivity contribution in [3.63, 3.8) is 0 Å². The Bertz CT molecular complexity index is 933. The van der Waals surface area contributed by atoms with Gasteiger partial charge in [0.25, 0.3) is 5.91 Å². The fourth-order valence-corrected chi connectivity index (χ4v) is 5.38. The summed E-state index contributed by atoms with van der Waals surface area (Å²) in [6.07, 6.45) is 9.03. The molecule has 2 fully saturated rings. The molecule has 2 saturated heterocycles. The summed E-state index contributed by atoms with van der Waals surface area (Å²) in [5.74, 6) is -0.449. The topological polar surface area (TPSA) is 73.4 Å². The summed E-state index contributed by atoms with van der Waals surface area (Å²) in [6.45, 7) is 1.39. The van der Waals surface area contributed by atoms with Crippen molar-refractivity contribution in [3.05, 3.63) is 35.5 Å². The molecule has 5 rings (SSSR count). The number of fused-ring (bicyclic) bond motifs is 3. The Balaban J connectivity index is 1.56. The van der Waals surface area contributed by atoms with Crippen LogP contribution in [0.2, 0.25) is 0 Å². The van der Waals surface area contributed by atoms with Gasteiger partial charge in [-0.15, -0.1) is 0 Å². The van der Waals surface area contributed by atoms with Crippen LogP contribution in [-0.4, -0.2) is 52.9 Å². The summed E-state index contributed by atoms with van der Waals surface area (Å²) in [5, 5.41) is 5.61. The summed E-state index contributed by atoms with van der Waals surface area (Å²) in [7, 11) is 2.26. The first kappa shape index (κ1) is 17.9. The molecule has 2 N–H and O–H groups in total. The fraction of sp³-hybridized carbons (Fsp3) is 0.545. The van der Waals surface area contributed by atoms with Gasteiger partial charge in [-0.05, 0) is 62.4 Å². The molecule has 1 aromatic heterocycles. The number of nitrogens with zero attached hydrogens (tertiary/aromatic N) is 3. The molecule has 0 aliphatic carbocycles. The summed E-state index contributed by atoms with van der Waals surface area (Å²) >= 11 is 0. The number of carbonyl (C=O) groups excluding carboxylic acids is 1. The van der Waals surface area contributed by atoms with Crippen LogP contribution in [-0.2, 0) is 4.74 Å². The van der Waals surface area contributed by atoms with E-state index >= 15 is 0 Å². The molecule has 2 aromatic rings. The zero-order chi connectivity index (χ0) is 19.3. The number of primary amides is 1. The molecule has 0 saturated carbocycles. The maximum absolute atomic E-state index is 12.2. The summed E-state index contributed by atoms with van der Waals surface area (Å²) in [6, 6.07) is 7.91. The lowest BCUT2D eigenvalue weighted by Crippen LogP contribution is -2.50. The molecule has 0 spiro atoms. The lowest BCUT2D eigenvalue weighted by Gasteiger charge is -2.47. The van der Waals surface area contributed by atoms with E-state index in [1.807, 2.05) is 0 Å². The largest absolute Gasteiger partial charge is 0.377 e. The van der Waals surface area contributed by atoms with Crippen molar-refractivity contribution in [3.8, 4) is 0 Å². The number of aromatic nitrogens is 2. The minimum Gasteiger partial charge on any atom is -0.377 e. The second-order valence-corrected chi connectivity index (χ2v) is 8.47. The first-order chi connectivity index (χ1) is 13.6. The van der Waals surface area contributed by atoms with E-state index in [1.165, 1.54) is 24.8 Å². The van der Waals surface area contributed by atoms with Gasteiger partial charge in [0.05, 0.1) is 24.8 Å². The highest BCUT2D eigenvalue weighted by molar-refractivity contribution is 6.04. The number of rotatable bonds is 3. The number of ether oxygens (including phenoxy) is 1. The third-order valence-electron chi connectivity index (χ3n) is 6.93. The molecular weight excluding hydrogens is 352 g/mol. The Morgan fingerprint density at radius 3 is 2.68 bits per heavy atom. The summed E-state index contributed by atoms with van der Waals surface area (Å²) < 4.78 is 7.52. The zero-order valence-corrected chi connectivity index (χ0v) is 16.4. The van der Waals surface area contributed by atoms with Crippen LogP contribution in [0.5, 0.6) is 0 Å². The van der Waals surface area contributed by atoms with Crippen molar-refractivity contribution < 1.29 is 9.53 Å². The first-order valence-electron chi connectivity index (χ1n) is 10.4. The first-order valence-corrected chi connectivity index (χ1v) is 10.4. The van der Waals surface area contributed by atoms with Gasteiger partial charge in [-0.1, -0.05) is 18.6 Å². The van der Waals surface area contributed by atoms with Gasteiger partial charge in [0.15, 0.2) is 5.69 Å². The van der Waals surface area contributed by atoms with E-state index in [4.69, 9.17) is 15.6 Å². The Hall–Kier alpha value is -2.18. The van der Waals surface area contributed by atoms with Crippen LogP contribution in [0.15, 0.2) is 24.3 Å². The van der Waals surface area contributed by atoms with Crippen molar-refractivity contribution in [2.24, 2.45) is 5.73 Å². The van der Waals surface area contributed by atoms with Gasteiger partial charge >= 0.3 is 0 Å². The van der Waals surface area contributed by atoms with Crippen LogP contribution in [0, 0.1) is 0 Å². The Morgan fingerprint density at radius 2 is 2.00 bits per heavy atom. The molecule has 2 unspecified atom stereocenters. The fourth-order valence-electron chi connectivity index (χ4n) is 5.38. The van der Waals surface area contributed by atoms with Gasteiger partial charge < -0.3 is 15.4 Å². The van der Waals surface area contributed by atoms with Crippen LogP contribution >= 0.6 is 0 Å². The molecule has 1 amide bonds. The normalized spacial score (nSPS) is 28.3. The molecule has 1 aromatic carbocycles. The smallest absolute Gasteiger partial charge is 0.269 e. The zero-order valence-electron chi connectivity index (χ0n) is 16.4. The van der Waals surface area contributed by atoms with E-state index in [9.17, 15) is 4.79 Å². The highest BCUT2D eigenvalue weighted by atomic mass is 16.5. The number of hydrogen-bond acceptors (Lipinski definition) is 4. The van der Waals surface area contributed by atoms with Crippen molar-refractivity contribution in [2.45, 2.75) is 56.7 Å². The molecule has 4 heterocycles. The maximum Gasteiger partial charge on any atom is 0.269 e. The SMILES string of the molecule is CN1C2CCCC1CC(n1nc(C(N)=O)c3cc(C4=CCOCC4)ccc31)C2. The third-order valence-corrected chi connectivity index (χ3v) is 6.93. The molecule has 3 aliphatic heterocycles. The summed E-state index contributed by atoms with van der Waals surface area (Å²) in [4.78, 5) is 14.7. The second kappa shape index (κ2) is 7.01. The molecule has 0 radical (unpaired) electrons. The number of benzene rings is 1. The molecule has 148 valence electrons. The van der Waals surface area contributed by atoms with Gasteiger partial charge in [-0.25, -0.2) is 0 Å². The molecule has 28 heavy (non-hydrogen) atoms. The van der Waals surface area contributed by atoms with Crippen molar-refractivity contribution >= 4 is 22.4 Å². The number of nitrogens with two attached hydrogens (primary N) is 1. The van der Waals surface area contributed by atoms with Gasteiger partial charge in [0.2, 0.25) is 0 Å². The number of piperidine rings is 2. The Kier molecular flexibility index (Phi) is 4.48. The van der Waals surface area contributed by atoms with Gasteiger partial charge in [0.1, 0.15) is 0 Å². The predicted molar refractivity (Wildman–Crippen MR) is 109 cm³/mol. The van der Waals surface area contributed by atoms with Gasteiger partial charge in [-0.2, -0.15) is 5.10 Å². The van der Waals surface area contributed by atoms with Crippen molar-refractivity contribution in [2.75, 3.05) is 20.3 Å². The highest BCUT2D eigenvalue weighted by Gasteiger charge is 2.37. The monoisotopic (exact) mass is 380 g/mol. The lowest BCUT2D eigenvalue weighted by molar-refractivity contribution is 0.0379. The van der Waals surface area contributed by atoms with Gasteiger partial charge in [0, 0.05) is 17.5 Å². The van der Waals surface area contributed by atoms with E-state index in [0.717, 1.165) is 42.3 Å². The average Bonchev–Trinajstić information content (AvgIpc) is 3.08. The maximum atomic E-state index is 12.2. The molecule has 2 atom stereocenters. The Morgan fingerprint density at radius 1 is 1.21 bits per heavy atom. The van der Waals surface area contributed by atoms with Crippen LogP contribution < -0.4 is 5.73 Å². The van der Waals surface area contributed by atoms with E-state index in [-0.39, 0.29) is 0 Å². The van der Waals surface area contributed by atoms with Crippen LogP contribution in [0.1, 0.15) is 60.6 Å². The van der Waals surface area contributed by atoms with E-state index in [0.29, 0.717) is 30.4 Å². The number of amides is 1. The van der Waals surface area contributed by atoms with Crippen LogP contribution in [0.4, 0.5) is 0 Å². The highest BCUT2D eigenvalue weighted by Crippen LogP contribution is 2.39. The molecule has 3 aliphatic rings. The van der Waals surface area contributed by atoms with E-state index in [2.05, 4.69) is 40.9 Å². The average molecular weight is 380 g/mol. The predicted octanol–water partition coefficient (Wildman–Crippen LogP) is 3.13. The van der Waals surface area contributed by atoms with Crippen LogP contribution in [0.3, 0.4) is 0 Å². The van der Waals surface area contributed by atoms with E-state index in [1.54, 1.807) is 0 Å². The Labute approximate surface area is 165 Å². The molecule has 2 bridgehead atoms. The van der Waals surface area contributed by atoms with E-state index < -0.39 is 5.91 Å². The quantitative estimate of drug-likeness (QED) is 0.888. The third kappa shape index (κ3) is 2.95. The van der Waals surface area contributed by atoms with Crippen molar-refractivity contribution in [1.82, 2.24) is 14.7 Å². The molecule has 6 nitrogen and oxygen atoms in total. The summed E-state index contributed by atoms with van der Waals surface area (Å²) in [5.41, 5.74) is 9.54. The van der Waals surface area contributed by atoms with Crippen molar-refractivity contribution in [1.29, 1.82) is 0 Å². The minimum atomic E-state index is -0.449. The number of carbonyl (C=O) groups is 1. The number of hydrogen-bond donors (Lipinski definition) is 1. The van der Waals surface area contributed by atoms with Gasteiger partial charge in [-0.3, -0.25) is 9.48 Å². The lowest BCUT2D eigenvalue weighted by atomic mass is 9.82. The molecular formula is C22H28N4O2.